The fraction of sp³-hybridized carbons (Fsp3) is 0.478. The predicted octanol–water partition coefficient (Wildman–Crippen LogP) is 4.04. The minimum absolute atomic E-state index is 0. The lowest BCUT2D eigenvalue weighted by molar-refractivity contribution is 0.583. The maximum atomic E-state index is 11.9. The Balaban J connectivity index is 0.00000341. The molecule has 1 aromatic heterocycles. The molecule has 1 unspecified atom stereocenters. The quantitative estimate of drug-likeness (QED) is 0.223. The highest BCUT2D eigenvalue weighted by atomic mass is 127. The zero-order chi connectivity index (χ0) is 21.3. The number of aliphatic imine (C=N–C) groups is 1. The van der Waals surface area contributed by atoms with Crippen LogP contribution in [0.4, 0.5) is 5.69 Å². The summed E-state index contributed by atoms with van der Waals surface area (Å²) < 4.78 is 1.83. The van der Waals surface area contributed by atoms with Crippen molar-refractivity contribution in [2.75, 3.05) is 31.1 Å². The van der Waals surface area contributed by atoms with Gasteiger partial charge in [-0.15, -0.1) is 24.0 Å². The van der Waals surface area contributed by atoms with Crippen molar-refractivity contribution in [3.8, 4) is 0 Å². The van der Waals surface area contributed by atoms with Crippen molar-refractivity contribution in [3.05, 3.63) is 63.5 Å². The van der Waals surface area contributed by atoms with Gasteiger partial charge in [-0.3, -0.25) is 9.79 Å². The summed E-state index contributed by atoms with van der Waals surface area (Å²) in [6.07, 6.45) is 2.93. The molecule has 0 saturated carbocycles. The zero-order valence-corrected chi connectivity index (χ0v) is 21.4. The van der Waals surface area contributed by atoms with Crippen LogP contribution in [-0.4, -0.2) is 42.7 Å². The van der Waals surface area contributed by atoms with Gasteiger partial charge in [-0.05, 0) is 57.4 Å². The van der Waals surface area contributed by atoms with Crippen LogP contribution < -0.4 is 21.1 Å². The Morgan fingerprint density at radius 3 is 2.77 bits per heavy atom. The van der Waals surface area contributed by atoms with Gasteiger partial charge in [-0.2, -0.15) is 0 Å². The van der Waals surface area contributed by atoms with Crippen molar-refractivity contribution in [1.29, 1.82) is 0 Å². The Hall–Kier alpha value is -1.74. The summed E-state index contributed by atoms with van der Waals surface area (Å²) in [6.45, 7) is 8.29. The number of pyridine rings is 1. The molecule has 8 heteroatoms. The van der Waals surface area contributed by atoms with Gasteiger partial charge in [0.05, 0.1) is 0 Å². The highest BCUT2D eigenvalue weighted by Crippen LogP contribution is 2.23. The Labute approximate surface area is 207 Å². The molecule has 2 aromatic rings. The number of guanidine groups is 1. The minimum atomic E-state index is 0. The molecule has 0 radical (unpaired) electrons. The second-order valence-electron chi connectivity index (χ2n) is 7.68. The van der Waals surface area contributed by atoms with Crippen LogP contribution in [-0.2, 0) is 6.54 Å². The zero-order valence-electron chi connectivity index (χ0n) is 18.3. The Morgan fingerprint density at radius 1 is 1.23 bits per heavy atom. The number of halogens is 2. The Morgan fingerprint density at radius 2 is 2.03 bits per heavy atom. The standard InChI is InChI=1S/C23H32ClN5O.HI/c1-3-25-23(26-13-4-5-14-29-18(2)8-6-11-22(29)30)27-20-12-15-28(17-20)21-10-7-9-19(24)16-21;/h6-11,16,20H,3-5,12-15,17H2,1-2H3,(H2,25,26,27);1H. The number of rotatable bonds is 8. The average Bonchev–Trinajstić information content (AvgIpc) is 3.18. The van der Waals surface area contributed by atoms with Crippen molar-refractivity contribution in [2.45, 2.75) is 45.7 Å². The Kier molecular flexibility index (Phi) is 10.7. The number of benzene rings is 1. The summed E-state index contributed by atoms with van der Waals surface area (Å²) in [5, 5.41) is 7.68. The van der Waals surface area contributed by atoms with E-state index in [1.165, 1.54) is 5.69 Å². The molecule has 6 nitrogen and oxygen atoms in total. The number of unbranched alkanes of at least 4 members (excludes halogenated alkanes) is 1. The molecule has 2 heterocycles. The summed E-state index contributed by atoms with van der Waals surface area (Å²) in [4.78, 5) is 19.0. The molecular weight excluding hydrogens is 525 g/mol. The van der Waals surface area contributed by atoms with Gasteiger partial charge in [0.15, 0.2) is 5.96 Å². The van der Waals surface area contributed by atoms with E-state index in [0.29, 0.717) is 6.04 Å². The first kappa shape index (κ1) is 25.5. The van der Waals surface area contributed by atoms with Crippen LogP contribution in [0.2, 0.25) is 5.02 Å². The number of nitrogens with one attached hydrogen (secondary N) is 2. The van der Waals surface area contributed by atoms with Gasteiger partial charge in [-0.1, -0.05) is 23.7 Å². The van der Waals surface area contributed by atoms with Crippen LogP contribution >= 0.6 is 35.6 Å². The normalized spacial score (nSPS) is 16.2. The maximum absolute atomic E-state index is 11.9. The van der Waals surface area contributed by atoms with Crippen LogP contribution in [0.1, 0.15) is 31.9 Å². The molecule has 0 amide bonds. The topological polar surface area (TPSA) is 61.7 Å². The van der Waals surface area contributed by atoms with Crippen LogP contribution in [0.25, 0.3) is 0 Å². The summed E-state index contributed by atoms with van der Waals surface area (Å²) in [6, 6.07) is 13.8. The molecular formula is C23H33ClIN5O. The van der Waals surface area contributed by atoms with E-state index in [-0.39, 0.29) is 29.5 Å². The maximum Gasteiger partial charge on any atom is 0.250 e. The number of anilines is 1. The first-order valence-corrected chi connectivity index (χ1v) is 11.2. The van der Waals surface area contributed by atoms with Crippen LogP contribution in [0.3, 0.4) is 0 Å². The van der Waals surface area contributed by atoms with E-state index in [4.69, 9.17) is 16.6 Å². The van der Waals surface area contributed by atoms with Gasteiger partial charge < -0.3 is 20.1 Å². The third-order valence-electron chi connectivity index (χ3n) is 5.37. The van der Waals surface area contributed by atoms with Crippen molar-refractivity contribution < 1.29 is 0 Å². The molecule has 1 fully saturated rings. The lowest BCUT2D eigenvalue weighted by Gasteiger charge is -2.20. The van der Waals surface area contributed by atoms with Crippen LogP contribution in [0.15, 0.2) is 52.3 Å². The van der Waals surface area contributed by atoms with Gasteiger partial charge >= 0.3 is 0 Å². The summed E-state index contributed by atoms with van der Waals surface area (Å²) in [5.41, 5.74) is 2.24. The van der Waals surface area contributed by atoms with E-state index in [2.05, 4.69) is 28.5 Å². The first-order valence-electron chi connectivity index (χ1n) is 10.8. The fourth-order valence-corrected chi connectivity index (χ4v) is 3.97. The second-order valence-corrected chi connectivity index (χ2v) is 8.12. The molecule has 2 N–H and O–H groups in total. The summed E-state index contributed by atoms with van der Waals surface area (Å²) in [5.74, 6) is 0.864. The molecule has 31 heavy (non-hydrogen) atoms. The van der Waals surface area contributed by atoms with E-state index in [1.807, 2.05) is 41.8 Å². The molecule has 1 aliphatic heterocycles. The smallest absolute Gasteiger partial charge is 0.250 e. The number of hydrogen-bond donors (Lipinski definition) is 2. The number of aryl methyl sites for hydroxylation is 1. The lowest BCUT2D eigenvalue weighted by atomic mass is 10.2. The van der Waals surface area contributed by atoms with E-state index in [0.717, 1.165) is 68.7 Å². The minimum Gasteiger partial charge on any atom is -0.369 e. The monoisotopic (exact) mass is 557 g/mol. The highest BCUT2D eigenvalue weighted by molar-refractivity contribution is 14.0. The molecule has 1 aromatic carbocycles. The van der Waals surface area contributed by atoms with Gasteiger partial charge in [-0.25, -0.2) is 0 Å². The second kappa shape index (κ2) is 13.0. The molecule has 0 bridgehead atoms. The SMILES string of the molecule is CCNC(=NCCCCn1c(C)cccc1=O)NC1CCN(c2cccc(Cl)c2)C1.I. The van der Waals surface area contributed by atoms with Crippen molar-refractivity contribution in [1.82, 2.24) is 15.2 Å². The summed E-state index contributed by atoms with van der Waals surface area (Å²) in [7, 11) is 0. The van der Waals surface area contributed by atoms with E-state index < -0.39 is 0 Å². The number of aromatic nitrogens is 1. The van der Waals surface area contributed by atoms with E-state index >= 15 is 0 Å². The molecule has 3 rings (SSSR count). The summed E-state index contributed by atoms with van der Waals surface area (Å²) >= 11 is 6.13. The first-order chi connectivity index (χ1) is 14.6. The highest BCUT2D eigenvalue weighted by Gasteiger charge is 2.23. The van der Waals surface area contributed by atoms with Gasteiger partial charge in [0.2, 0.25) is 0 Å². The fourth-order valence-electron chi connectivity index (χ4n) is 3.78. The third kappa shape index (κ3) is 7.71. The molecule has 1 aliphatic rings. The Bertz CT molecular complexity index is 917. The van der Waals surface area contributed by atoms with E-state index in [1.54, 1.807) is 6.07 Å². The molecule has 1 saturated heterocycles. The molecule has 0 spiro atoms. The van der Waals surface area contributed by atoms with Crippen molar-refractivity contribution >= 4 is 47.2 Å². The van der Waals surface area contributed by atoms with Gasteiger partial charge in [0, 0.05) is 61.2 Å². The van der Waals surface area contributed by atoms with Crippen LogP contribution in [0.5, 0.6) is 0 Å². The van der Waals surface area contributed by atoms with Gasteiger partial charge in [0.25, 0.3) is 5.56 Å². The predicted molar refractivity (Wildman–Crippen MR) is 141 cm³/mol. The number of nitrogens with zero attached hydrogens (tertiary/aromatic N) is 3. The van der Waals surface area contributed by atoms with Crippen molar-refractivity contribution in [2.24, 2.45) is 4.99 Å². The van der Waals surface area contributed by atoms with Crippen molar-refractivity contribution in [3.63, 3.8) is 0 Å². The lowest BCUT2D eigenvalue weighted by Crippen LogP contribution is -2.44. The molecule has 1 atom stereocenters. The average molecular weight is 558 g/mol. The van der Waals surface area contributed by atoms with Gasteiger partial charge in [0.1, 0.15) is 0 Å². The largest absolute Gasteiger partial charge is 0.369 e. The third-order valence-corrected chi connectivity index (χ3v) is 5.61. The van der Waals surface area contributed by atoms with E-state index in [9.17, 15) is 4.79 Å². The molecule has 170 valence electrons. The molecule has 0 aliphatic carbocycles. The van der Waals surface area contributed by atoms with Crippen LogP contribution in [0, 0.1) is 6.92 Å². The number of hydrogen-bond acceptors (Lipinski definition) is 3.